The van der Waals surface area contributed by atoms with Gasteiger partial charge in [0.05, 0.1) is 25.3 Å². The molecule has 36 heavy (non-hydrogen) atoms. The summed E-state index contributed by atoms with van der Waals surface area (Å²) < 4.78 is 18.7. The number of fused-ring (bicyclic) bond motifs is 1. The first kappa shape index (κ1) is 25.6. The number of ether oxygens (including phenoxy) is 1. The largest absolute Gasteiger partial charge is 0.497 e. The smallest absolute Gasteiger partial charge is 0.303 e. The van der Waals surface area contributed by atoms with Crippen LogP contribution in [0.25, 0.3) is 10.9 Å². The van der Waals surface area contributed by atoms with Gasteiger partial charge in [-0.15, -0.1) is 0 Å². The van der Waals surface area contributed by atoms with Crippen molar-refractivity contribution in [2.75, 3.05) is 26.7 Å². The molecule has 2 N–H and O–H groups in total. The molecule has 1 aliphatic heterocycles. The topological polar surface area (TPSA) is 82.9 Å². The molecule has 188 valence electrons. The van der Waals surface area contributed by atoms with Gasteiger partial charge in [0.25, 0.3) is 0 Å². The van der Waals surface area contributed by atoms with Crippen LogP contribution in [0.2, 0.25) is 0 Å². The number of likely N-dealkylation sites (tertiary alicyclic amines) is 1. The van der Waals surface area contributed by atoms with E-state index in [1.54, 1.807) is 25.4 Å². The summed E-state index contributed by atoms with van der Waals surface area (Å²) in [6, 6.07) is 13.6. The lowest BCUT2D eigenvalue weighted by Crippen LogP contribution is -2.41. The molecular formula is C29H31FN2O4. The maximum atomic E-state index is 13.4. The van der Waals surface area contributed by atoms with Gasteiger partial charge >= 0.3 is 5.97 Å². The van der Waals surface area contributed by atoms with Gasteiger partial charge in [-0.25, -0.2) is 4.39 Å². The minimum Gasteiger partial charge on any atom is -0.497 e. The van der Waals surface area contributed by atoms with Crippen LogP contribution < -0.4 is 4.74 Å². The van der Waals surface area contributed by atoms with Crippen LogP contribution in [-0.2, 0) is 4.79 Å². The predicted octanol–water partition coefficient (Wildman–Crippen LogP) is 4.66. The molecule has 1 aromatic heterocycles. The zero-order valence-electron chi connectivity index (χ0n) is 20.4. The fourth-order valence-corrected chi connectivity index (χ4v) is 5.05. The summed E-state index contributed by atoms with van der Waals surface area (Å²) in [5.41, 5.74) is 2.23. The highest BCUT2D eigenvalue weighted by molar-refractivity contribution is 5.83. The molecule has 3 aromatic rings. The average Bonchev–Trinajstić information content (AvgIpc) is 2.87. The lowest BCUT2D eigenvalue weighted by atomic mass is 9.79. The van der Waals surface area contributed by atoms with Crippen molar-refractivity contribution < 1.29 is 24.1 Å². The Bertz CT molecular complexity index is 1270. The van der Waals surface area contributed by atoms with Gasteiger partial charge in [-0.2, -0.15) is 0 Å². The van der Waals surface area contributed by atoms with Gasteiger partial charge in [0.15, 0.2) is 0 Å². The molecule has 1 saturated heterocycles. The predicted molar refractivity (Wildman–Crippen MR) is 136 cm³/mol. The zero-order chi connectivity index (χ0) is 25.5. The Morgan fingerprint density at radius 3 is 2.89 bits per heavy atom. The van der Waals surface area contributed by atoms with Crippen molar-refractivity contribution in [3.8, 4) is 17.6 Å². The third-order valence-electron chi connectivity index (χ3n) is 6.92. The van der Waals surface area contributed by atoms with E-state index in [4.69, 9.17) is 4.74 Å². The Balaban J connectivity index is 1.39. The number of aliphatic carboxylic acids is 1. The summed E-state index contributed by atoms with van der Waals surface area (Å²) in [7, 11) is 1.61. The normalized spacial score (nSPS) is 18.9. The first-order valence-corrected chi connectivity index (χ1v) is 12.2. The number of hydrogen-bond acceptors (Lipinski definition) is 5. The van der Waals surface area contributed by atoms with Crippen molar-refractivity contribution in [3.05, 3.63) is 71.7 Å². The number of carboxylic acid groups (broad SMARTS) is 1. The minimum absolute atomic E-state index is 0.0197. The molecule has 0 unspecified atom stereocenters. The van der Waals surface area contributed by atoms with E-state index >= 15 is 0 Å². The van der Waals surface area contributed by atoms with Gasteiger partial charge in [-0.05, 0) is 85.7 Å². The van der Waals surface area contributed by atoms with Crippen molar-refractivity contribution in [2.24, 2.45) is 11.8 Å². The summed E-state index contributed by atoms with van der Waals surface area (Å²) in [4.78, 5) is 18.1. The molecule has 0 bridgehead atoms. The molecular weight excluding hydrogens is 459 g/mol. The second kappa shape index (κ2) is 12.0. The van der Waals surface area contributed by atoms with E-state index in [9.17, 15) is 19.4 Å². The van der Waals surface area contributed by atoms with Crippen LogP contribution in [0.3, 0.4) is 0 Å². The van der Waals surface area contributed by atoms with Crippen LogP contribution in [0.1, 0.15) is 42.9 Å². The van der Waals surface area contributed by atoms with Gasteiger partial charge in [-0.3, -0.25) is 14.7 Å². The lowest BCUT2D eigenvalue weighted by molar-refractivity contribution is -0.139. The molecule has 1 fully saturated rings. The van der Waals surface area contributed by atoms with Crippen LogP contribution in [0.15, 0.2) is 54.7 Å². The third kappa shape index (κ3) is 6.60. The molecule has 6 nitrogen and oxygen atoms in total. The van der Waals surface area contributed by atoms with E-state index < -0.39 is 12.1 Å². The van der Waals surface area contributed by atoms with Crippen molar-refractivity contribution in [2.45, 2.75) is 31.8 Å². The highest BCUT2D eigenvalue weighted by Gasteiger charge is 2.31. The molecule has 2 aromatic carbocycles. The first-order chi connectivity index (χ1) is 17.4. The van der Waals surface area contributed by atoms with Crippen molar-refractivity contribution in [3.63, 3.8) is 0 Å². The number of halogens is 1. The number of aliphatic hydroxyl groups is 1. The summed E-state index contributed by atoms with van der Waals surface area (Å²) in [5, 5.41) is 21.4. The zero-order valence-corrected chi connectivity index (χ0v) is 20.4. The number of hydrogen-bond donors (Lipinski definition) is 2. The number of pyridine rings is 1. The van der Waals surface area contributed by atoms with Gasteiger partial charge in [-0.1, -0.05) is 17.9 Å². The van der Waals surface area contributed by atoms with Gasteiger partial charge in [0.2, 0.25) is 0 Å². The minimum atomic E-state index is -0.814. The Hall–Kier alpha value is -3.47. The monoisotopic (exact) mass is 490 g/mol. The van der Waals surface area contributed by atoms with Crippen molar-refractivity contribution in [1.29, 1.82) is 0 Å². The summed E-state index contributed by atoms with van der Waals surface area (Å²) in [6.45, 7) is 1.96. The average molecular weight is 491 g/mol. The summed E-state index contributed by atoms with van der Waals surface area (Å²) >= 11 is 0. The van der Waals surface area contributed by atoms with Crippen LogP contribution >= 0.6 is 0 Å². The number of aliphatic hydroxyl groups excluding tert-OH is 1. The van der Waals surface area contributed by atoms with E-state index in [1.807, 2.05) is 24.3 Å². The Morgan fingerprint density at radius 1 is 1.25 bits per heavy atom. The van der Waals surface area contributed by atoms with E-state index in [2.05, 4.69) is 21.7 Å². The molecule has 0 spiro atoms. The first-order valence-electron chi connectivity index (χ1n) is 12.2. The molecule has 3 atom stereocenters. The van der Waals surface area contributed by atoms with E-state index in [-0.39, 0.29) is 24.1 Å². The highest BCUT2D eigenvalue weighted by Crippen LogP contribution is 2.34. The number of nitrogens with zero attached hydrogens (tertiary/aromatic N) is 2. The molecule has 0 aliphatic carbocycles. The fraction of sp³-hybridized carbons (Fsp3) is 0.379. The number of rotatable bonds is 8. The van der Waals surface area contributed by atoms with Gasteiger partial charge in [0.1, 0.15) is 11.6 Å². The second-order valence-corrected chi connectivity index (χ2v) is 9.33. The quantitative estimate of drug-likeness (QED) is 0.447. The highest BCUT2D eigenvalue weighted by atomic mass is 19.1. The number of piperidine rings is 1. The Morgan fingerprint density at radius 2 is 2.11 bits per heavy atom. The summed E-state index contributed by atoms with van der Waals surface area (Å²) in [6.07, 6.45) is 3.22. The number of methoxy groups -OCH3 is 1. The van der Waals surface area contributed by atoms with Crippen LogP contribution in [-0.4, -0.2) is 52.8 Å². The number of benzene rings is 2. The van der Waals surface area contributed by atoms with Gasteiger partial charge < -0.3 is 14.9 Å². The molecule has 1 aliphatic rings. The second-order valence-electron chi connectivity index (χ2n) is 9.33. The maximum absolute atomic E-state index is 13.4. The van der Waals surface area contributed by atoms with Crippen LogP contribution in [0, 0.1) is 29.5 Å². The molecule has 0 radical (unpaired) electrons. The molecule has 2 heterocycles. The molecule has 4 rings (SSSR count). The number of aromatic nitrogens is 1. The molecule has 0 amide bonds. The Kier molecular flexibility index (Phi) is 8.52. The maximum Gasteiger partial charge on any atom is 0.303 e. The molecule has 0 saturated carbocycles. The van der Waals surface area contributed by atoms with E-state index in [0.717, 1.165) is 35.9 Å². The standard InChI is InChI=1S/C29H31FN2O4/c1-36-24-8-9-27-26(18-24)25(11-13-31-27)28(33)10-7-21-12-15-32(19-22(21)17-29(34)35)14-3-5-20-4-2-6-23(30)16-20/h2,4,6,8-9,11,13,16,18,21-22,28,33H,7,10,12,14-15,17,19H2,1H3,(H,34,35)/t21-,22+,28-/m1/s1. The number of carbonyl (C=O) groups is 1. The molecule has 7 heteroatoms. The van der Waals surface area contributed by atoms with Crippen LogP contribution in [0.5, 0.6) is 5.75 Å². The fourth-order valence-electron chi connectivity index (χ4n) is 5.05. The van der Waals surface area contributed by atoms with E-state index in [0.29, 0.717) is 30.8 Å². The van der Waals surface area contributed by atoms with Crippen LogP contribution in [0.4, 0.5) is 4.39 Å². The Labute approximate surface area is 210 Å². The van der Waals surface area contributed by atoms with E-state index in [1.165, 1.54) is 12.1 Å². The summed E-state index contributed by atoms with van der Waals surface area (Å²) in [5.74, 6) is 5.83. The van der Waals surface area contributed by atoms with Crippen molar-refractivity contribution >= 4 is 16.9 Å². The number of carboxylic acids is 1. The van der Waals surface area contributed by atoms with Gasteiger partial charge in [0, 0.05) is 30.1 Å². The lowest BCUT2D eigenvalue weighted by Gasteiger charge is -2.37. The SMILES string of the molecule is COc1ccc2nccc([C@H](O)CC[C@@H]3CCN(CC#Cc4cccc(F)c4)C[C@@H]3CC(=O)O)c2c1. The third-order valence-corrected chi connectivity index (χ3v) is 6.92. The van der Waals surface area contributed by atoms with Crippen molar-refractivity contribution in [1.82, 2.24) is 9.88 Å².